The lowest BCUT2D eigenvalue weighted by Crippen LogP contribution is -2.44. The van der Waals surface area contributed by atoms with Crippen molar-refractivity contribution in [2.45, 2.75) is 25.7 Å². The van der Waals surface area contributed by atoms with Gasteiger partial charge in [-0.3, -0.25) is 4.79 Å². The molecule has 0 bridgehead atoms. The molecular weight excluding hydrogens is 420 g/mol. The van der Waals surface area contributed by atoms with Gasteiger partial charge in [0.1, 0.15) is 12.1 Å². The molecule has 1 fully saturated rings. The number of hydrogen-bond acceptors (Lipinski definition) is 5. The zero-order valence-electron chi connectivity index (χ0n) is 15.5. The Morgan fingerprint density at radius 3 is 2.82 bits per heavy atom. The summed E-state index contributed by atoms with van der Waals surface area (Å²) in [6.45, 7) is 2.48. The molecule has 0 radical (unpaired) electrons. The number of aromatic nitrogens is 4. The minimum Gasteiger partial charge on any atom is -0.355 e. The Kier molecular flexibility index (Phi) is 4.50. The van der Waals surface area contributed by atoms with Gasteiger partial charge in [-0.2, -0.15) is 4.52 Å². The van der Waals surface area contributed by atoms with Crippen molar-refractivity contribution in [2.75, 3.05) is 29.4 Å². The van der Waals surface area contributed by atoms with Gasteiger partial charge in [-0.15, -0.1) is 15.3 Å². The normalized spacial score (nSPS) is 17.8. The fraction of sp³-hybridized carbons (Fsp3) is 0.400. The van der Waals surface area contributed by atoms with Gasteiger partial charge in [0.25, 0.3) is 0 Å². The van der Waals surface area contributed by atoms with E-state index in [1.165, 1.54) is 5.56 Å². The average Bonchev–Trinajstić information content (AvgIpc) is 3.20. The molecule has 0 aliphatic carbocycles. The highest BCUT2D eigenvalue weighted by atomic mass is 79.9. The van der Waals surface area contributed by atoms with Gasteiger partial charge in [0, 0.05) is 35.7 Å². The fourth-order valence-corrected chi connectivity index (χ4v) is 4.67. The van der Waals surface area contributed by atoms with Crippen molar-refractivity contribution in [3.05, 3.63) is 46.7 Å². The predicted octanol–water partition coefficient (Wildman–Crippen LogP) is 3.08. The van der Waals surface area contributed by atoms with Crippen LogP contribution in [0.5, 0.6) is 0 Å². The first-order valence-corrected chi connectivity index (χ1v) is 10.5. The van der Waals surface area contributed by atoms with Gasteiger partial charge in [0.15, 0.2) is 5.65 Å². The molecule has 0 N–H and O–H groups in total. The van der Waals surface area contributed by atoms with E-state index in [1.807, 2.05) is 23.1 Å². The third-order valence-electron chi connectivity index (χ3n) is 5.74. The first-order chi connectivity index (χ1) is 13.7. The summed E-state index contributed by atoms with van der Waals surface area (Å²) in [4.78, 5) is 17.5. The van der Waals surface area contributed by atoms with Crippen LogP contribution in [0.25, 0.3) is 5.65 Å². The molecule has 7 nitrogen and oxygen atoms in total. The first kappa shape index (κ1) is 17.6. The van der Waals surface area contributed by atoms with Crippen molar-refractivity contribution in [2.24, 2.45) is 5.92 Å². The largest absolute Gasteiger partial charge is 0.355 e. The topological polar surface area (TPSA) is 66.6 Å². The van der Waals surface area contributed by atoms with Gasteiger partial charge < -0.3 is 9.80 Å². The minimum absolute atomic E-state index is 0.0736. The second-order valence-corrected chi connectivity index (χ2v) is 8.37. The molecule has 2 aliphatic rings. The fourth-order valence-electron chi connectivity index (χ4n) is 4.26. The zero-order chi connectivity index (χ0) is 19.1. The van der Waals surface area contributed by atoms with Crippen LogP contribution in [-0.2, 0) is 11.2 Å². The highest BCUT2D eigenvalue weighted by Gasteiger charge is 2.31. The van der Waals surface area contributed by atoms with Crippen molar-refractivity contribution in [3.8, 4) is 0 Å². The quantitative estimate of drug-likeness (QED) is 0.612. The Balaban J connectivity index is 1.29. The third-order valence-corrected chi connectivity index (χ3v) is 6.24. The van der Waals surface area contributed by atoms with Crippen LogP contribution in [-0.4, -0.2) is 45.4 Å². The van der Waals surface area contributed by atoms with Crippen LogP contribution in [0.2, 0.25) is 0 Å². The van der Waals surface area contributed by atoms with Crippen molar-refractivity contribution in [3.63, 3.8) is 0 Å². The number of carbonyl (C=O) groups excluding carboxylic acids is 1. The van der Waals surface area contributed by atoms with E-state index in [0.717, 1.165) is 66.9 Å². The molecule has 0 unspecified atom stereocenters. The highest BCUT2D eigenvalue weighted by Crippen LogP contribution is 2.32. The Morgan fingerprint density at radius 1 is 1.11 bits per heavy atom. The monoisotopic (exact) mass is 440 g/mol. The molecule has 28 heavy (non-hydrogen) atoms. The molecule has 8 heteroatoms. The molecule has 0 spiro atoms. The van der Waals surface area contributed by atoms with Crippen LogP contribution in [0.15, 0.2) is 41.1 Å². The van der Waals surface area contributed by atoms with Crippen LogP contribution < -0.4 is 9.80 Å². The Hall–Kier alpha value is -2.48. The Bertz CT molecular complexity index is 1030. The maximum Gasteiger partial charge on any atom is 0.230 e. The van der Waals surface area contributed by atoms with Crippen molar-refractivity contribution >= 4 is 39.0 Å². The molecule has 144 valence electrons. The first-order valence-electron chi connectivity index (χ1n) is 9.71. The summed E-state index contributed by atoms with van der Waals surface area (Å²) in [6.07, 6.45) is 5.37. The van der Waals surface area contributed by atoms with E-state index in [0.29, 0.717) is 0 Å². The summed E-state index contributed by atoms with van der Waals surface area (Å²) in [5.74, 6) is 1.25. The number of amides is 1. The smallest absolute Gasteiger partial charge is 0.230 e. The lowest BCUT2D eigenvalue weighted by Gasteiger charge is -2.36. The standard InChI is InChI=1S/C20H21BrN6O/c21-16-3-4-17-15(12-16)2-1-9-26(17)20(28)14-7-10-25(11-8-14)19-6-5-18-23-22-13-27(18)24-19/h3-6,12-14H,1-2,7-11H2. The van der Waals surface area contributed by atoms with Crippen LogP contribution in [0.4, 0.5) is 11.5 Å². The van der Waals surface area contributed by atoms with E-state index in [4.69, 9.17) is 0 Å². The van der Waals surface area contributed by atoms with Gasteiger partial charge >= 0.3 is 0 Å². The van der Waals surface area contributed by atoms with Crippen molar-refractivity contribution in [1.82, 2.24) is 19.8 Å². The van der Waals surface area contributed by atoms with E-state index in [2.05, 4.69) is 48.3 Å². The molecular formula is C20H21BrN6O. The third kappa shape index (κ3) is 3.15. The van der Waals surface area contributed by atoms with Crippen molar-refractivity contribution in [1.29, 1.82) is 0 Å². The number of halogens is 1. The van der Waals surface area contributed by atoms with Gasteiger partial charge in [-0.1, -0.05) is 15.9 Å². The van der Waals surface area contributed by atoms with E-state index in [1.54, 1.807) is 10.8 Å². The van der Waals surface area contributed by atoms with E-state index >= 15 is 0 Å². The molecule has 5 rings (SSSR count). The molecule has 3 aromatic rings. The number of piperidine rings is 1. The summed E-state index contributed by atoms with van der Waals surface area (Å²) >= 11 is 3.54. The van der Waals surface area contributed by atoms with Gasteiger partial charge in [-0.05, 0) is 61.6 Å². The molecule has 1 amide bonds. The zero-order valence-corrected chi connectivity index (χ0v) is 17.0. The molecule has 1 aromatic carbocycles. The summed E-state index contributed by atoms with van der Waals surface area (Å²) in [5.41, 5.74) is 3.09. The summed E-state index contributed by atoms with van der Waals surface area (Å²) in [7, 11) is 0. The van der Waals surface area contributed by atoms with E-state index in [9.17, 15) is 4.79 Å². The van der Waals surface area contributed by atoms with Crippen LogP contribution in [0.1, 0.15) is 24.8 Å². The van der Waals surface area contributed by atoms with Crippen molar-refractivity contribution < 1.29 is 4.79 Å². The van der Waals surface area contributed by atoms with Crippen LogP contribution in [0, 0.1) is 5.92 Å². The lowest BCUT2D eigenvalue weighted by atomic mass is 9.93. The Labute approximate surface area is 171 Å². The number of benzene rings is 1. The summed E-state index contributed by atoms with van der Waals surface area (Å²) in [5, 5.41) is 12.4. The number of fused-ring (bicyclic) bond motifs is 2. The lowest BCUT2D eigenvalue weighted by molar-refractivity contribution is -0.123. The maximum absolute atomic E-state index is 13.2. The molecule has 4 heterocycles. The molecule has 2 aliphatic heterocycles. The van der Waals surface area contributed by atoms with Crippen LogP contribution in [0.3, 0.4) is 0 Å². The van der Waals surface area contributed by atoms with E-state index < -0.39 is 0 Å². The predicted molar refractivity (Wildman–Crippen MR) is 111 cm³/mol. The van der Waals surface area contributed by atoms with E-state index in [-0.39, 0.29) is 11.8 Å². The number of anilines is 2. The summed E-state index contributed by atoms with van der Waals surface area (Å²) in [6, 6.07) is 10.1. The highest BCUT2D eigenvalue weighted by molar-refractivity contribution is 9.10. The number of carbonyl (C=O) groups is 1. The molecule has 0 atom stereocenters. The second kappa shape index (κ2) is 7.16. The number of aryl methyl sites for hydroxylation is 1. The van der Waals surface area contributed by atoms with Crippen LogP contribution >= 0.6 is 15.9 Å². The van der Waals surface area contributed by atoms with Gasteiger partial charge in [0.05, 0.1) is 0 Å². The average molecular weight is 441 g/mol. The number of hydrogen-bond donors (Lipinski definition) is 0. The second-order valence-electron chi connectivity index (χ2n) is 7.45. The minimum atomic E-state index is 0.0736. The SMILES string of the molecule is O=C(C1CCN(c2ccc3nncn3n2)CC1)N1CCCc2cc(Br)ccc21. The maximum atomic E-state index is 13.2. The van der Waals surface area contributed by atoms with Gasteiger partial charge in [0.2, 0.25) is 5.91 Å². The number of nitrogens with zero attached hydrogens (tertiary/aromatic N) is 6. The molecule has 1 saturated heterocycles. The Morgan fingerprint density at radius 2 is 1.96 bits per heavy atom. The molecule has 0 saturated carbocycles. The summed E-state index contributed by atoms with van der Waals surface area (Å²) < 4.78 is 2.77. The number of rotatable bonds is 2. The molecule has 2 aromatic heterocycles. The van der Waals surface area contributed by atoms with Gasteiger partial charge in [-0.25, -0.2) is 0 Å².